The number of nitrogens with one attached hydrogen (secondary N) is 1. The van der Waals surface area contributed by atoms with Crippen LogP contribution in [0, 0.1) is 5.92 Å². The Morgan fingerprint density at radius 3 is 2.90 bits per heavy atom. The maximum Gasteiger partial charge on any atom is 0.343 e. The lowest BCUT2D eigenvalue weighted by Crippen LogP contribution is -2.25. The van der Waals surface area contributed by atoms with Gasteiger partial charge in [0.1, 0.15) is 11.4 Å². The van der Waals surface area contributed by atoms with Gasteiger partial charge in [0.15, 0.2) is 0 Å². The van der Waals surface area contributed by atoms with E-state index in [-0.39, 0.29) is 12.5 Å². The third-order valence-electron chi connectivity index (χ3n) is 3.95. The Labute approximate surface area is 124 Å². The molecule has 1 saturated carbocycles. The van der Waals surface area contributed by atoms with Gasteiger partial charge in [0.25, 0.3) is 0 Å². The molecule has 1 fully saturated rings. The maximum absolute atomic E-state index is 11.6. The second kappa shape index (κ2) is 7.26. The molecule has 0 radical (unpaired) electrons. The summed E-state index contributed by atoms with van der Waals surface area (Å²) in [6.45, 7) is 0.209. The molecule has 0 amide bonds. The number of hydrogen-bond acceptors (Lipinski definition) is 6. The van der Waals surface area contributed by atoms with Gasteiger partial charge in [0.2, 0.25) is 5.88 Å². The first-order chi connectivity index (χ1) is 10.2. The van der Waals surface area contributed by atoms with Crippen LogP contribution >= 0.6 is 0 Å². The summed E-state index contributed by atoms with van der Waals surface area (Å²) in [4.78, 5) is 15.9. The van der Waals surface area contributed by atoms with Crippen LogP contribution in [0.4, 0.5) is 5.82 Å². The quantitative estimate of drug-likeness (QED) is 0.779. The molecule has 0 bridgehead atoms. The molecule has 1 aromatic rings. The molecule has 0 spiro atoms. The number of carbonyl (C=O) groups excluding carboxylic acids is 1. The number of pyridine rings is 1. The highest BCUT2D eigenvalue weighted by molar-refractivity contribution is 5.92. The largest absolute Gasteiger partial charge is 0.480 e. The van der Waals surface area contributed by atoms with Crippen LogP contribution in [0.15, 0.2) is 12.1 Å². The van der Waals surface area contributed by atoms with Crippen molar-refractivity contribution in [2.45, 2.75) is 31.7 Å². The highest BCUT2D eigenvalue weighted by Gasteiger charge is 2.27. The number of anilines is 1. The average molecular weight is 294 g/mol. The Bertz CT molecular complexity index is 493. The summed E-state index contributed by atoms with van der Waals surface area (Å²) in [7, 11) is 2.80. The molecule has 116 valence electrons. The van der Waals surface area contributed by atoms with Crippen LogP contribution in [-0.2, 0) is 4.74 Å². The fourth-order valence-corrected chi connectivity index (χ4v) is 2.87. The van der Waals surface area contributed by atoms with Crippen molar-refractivity contribution >= 4 is 11.8 Å². The van der Waals surface area contributed by atoms with Gasteiger partial charge in [0, 0.05) is 12.6 Å². The summed E-state index contributed by atoms with van der Waals surface area (Å²) in [5.41, 5.74) is 0.309. The number of carbonyl (C=O) groups is 1. The number of methoxy groups -OCH3 is 2. The fraction of sp³-hybridized carbons (Fsp3) is 0.600. The number of aromatic nitrogens is 1. The van der Waals surface area contributed by atoms with Gasteiger partial charge in [-0.25, -0.2) is 4.79 Å². The van der Waals surface area contributed by atoms with Crippen LogP contribution in [0.1, 0.15) is 36.0 Å². The van der Waals surface area contributed by atoms with Crippen molar-refractivity contribution < 1.29 is 19.4 Å². The minimum Gasteiger partial charge on any atom is -0.480 e. The number of hydrogen-bond donors (Lipinski definition) is 2. The van der Waals surface area contributed by atoms with Crippen LogP contribution in [0.2, 0.25) is 0 Å². The molecule has 2 unspecified atom stereocenters. The molecule has 0 saturated heterocycles. The highest BCUT2D eigenvalue weighted by Crippen LogP contribution is 2.31. The van der Waals surface area contributed by atoms with Gasteiger partial charge in [-0.3, -0.25) is 0 Å². The third-order valence-corrected chi connectivity index (χ3v) is 3.95. The summed E-state index contributed by atoms with van der Waals surface area (Å²) in [6.07, 6.45) is 4.14. The highest BCUT2D eigenvalue weighted by atomic mass is 16.5. The van der Waals surface area contributed by atoms with Gasteiger partial charge in [-0.2, -0.15) is 4.98 Å². The molecule has 1 aliphatic rings. The van der Waals surface area contributed by atoms with E-state index in [1.54, 1.807) is 12.1 Å². The molecule has 2 atom stereocenters. The zero-order valence-corrected chi connectivity index (χ0v) is 12.5. The van der Waals surface area contributed by atoms with E-state index in [4.69, 9.17) is 14.6 Å². The van der Waals surface area contributed by atoms with Crippen molar-refractivity contribution in [1.82, 2.24) is 4.98 Å². The first kappa shape index (κ1) is 15.6. The standard InChI is InChI=1S/C15H22N2O4/c1-20-14-11(15(19)21-2)6-7-13(17-14)16-12-5-3-4-10(12)8-9-18/h6-7,10,12,18H,3-5,8-9H2,1-2H3,(H,16,17). The average Bonchev–Trinajstić information content (AvgIpc) is 2.94. The molecule has 1 aliphatic carbocycles. The molecular weight excluding hydrogens is 272 g/mol. The van der Waals surface area contributed by atoms with Crippen LogP contribution in [0.25, 0.3) is 0 Å². The zero-order chi connectivity index (χ0) is 15.2. The number of rotatable bonds is 6. The second-order valence-corrected chi connectivity index (χ2v) is 5.20. The number of nitrogens with zero attached hydrogens (tertiary/aromatic N) is 1. The van der Waals surface area contributed by atoms with Crippen LogP contribution in [0.5, 0.6) is 5.88 Å². The Balaban J connectivity index is 2.12. The van der Waals surface area contributed by atoms with Gasteiger partial charge < -0.3 is 19.9 Å². The zero-order valence-electron chi connectivity index (χ0n) is 12.5. The number of aliphatic hydroxyl groups excluding tert-OH is 1. The Morgan fingerprint density at radius 2 is 2.24 bits per heavy atom. The summed E-state index contributed by atoms with van der Waals surface area (Å²) in [5.74, 6) is 0.922. The van der Waals surface area contributed by atoms with Crippen molar-refractivity contribution in [1.29, 1.82) is 0 Å². The van der Waals surface area contributed by atoms with E-state index in [0.29, 0.717) is 23.3 Å². The Kier molecular flexibility index (Phi) is 5.38. The minimum absolute atomic E-state index is 0.209. The van der Waals surface area contributed by atoms with Crippen molar-refractivity contribution in [2.24, 2.45) is 5.92 Å². The second-order valence-electron chi connectivity index (χ2n) is 5.20. The first-order valence-electron chi connectivity index (χ1n) is 7.20. The van der Waals surface area contributed by atoms with Crippen molar-refractivity contribution in [3.05, 3.63) is 17.7 Å². The molecule has 6 nitrogen and oxygen atoms in total. The summed E-state index contributed by atoms with van der Waals surface area (Å²) >= 11 is 0. The van der Waals surface area contributed by atoms with Crippen molar-refractivity contribution in [3.8, 4) is 5.88 Å². The molecule has 21 heavy (non-hydrogen) atoms. The molecule has 6 heteroatoms. The Hall–Kier alpha value is -1.82. The topological polar surface area (TPSA) is 80.7 Å². The van der Waals surface area contributed by atoms with E-state index in [1.165, 1.54) is 14.2 Å². The van der Waals surface area contributed by atoms with Gasteiger partial charge in [-0.1, -0.05) is 6.42 Å². The van der Waals surface area contributed by atoms with Gasteiger partial charge in [-0.15, -0.1) is 0 Å². The van der Waals surface area contributed by atoms with Gasteiger partial charge in [0.05, 0.1) is 14.2 Å². The Morgan fingerprint density at radius 1 is 1.43 bits per heavy atom. The van der Waals surface area contributed by atoms with E-state index in [9.17, 15) is 4.79 Å². The molecule has 0 aliphatic heterocycles. The number of ether oxygens (including phenoxy) is 2. The van der Waals surface area contributed by atoms with E-state index in [2.05, 4.69) is 10.3 Å². The van der Waals surface area contributed by atoms with E-state index in [1.807, 2.05) is 0 Å². The van der Waals surface area contributed by atoms with E-state index < -0.39 is 5.97 Å². The lowest BCUT2D eigenvalue weighted by atomic mass is 10.00. The minimum atomic E-state index is -0.468. The normalized spacial score (nSPS) is 21.1. The monoisotopic (exact) mass is 294 g/mol. The number of esters is 1. The predicted molar refractivity (Wildman–Crippen MR) is 78.6 cm³/mol. The molecule has 1 aromatic heterocycles. The molecule has 1 heterocycles. The maximum atomic E-state index is 11.6. The summed E-state index contributed by atoms with van der Waals surface area (Å²) in [6, 6.07) is 3.71. The number of aliphatic hydroxyl groups is 1. The van der Waals surface area contributed by atoms with E-state index >= 15 is 0 Å². The van der Waals surface area contributed by atoms with Crippen LogP contribution in [0.3, 0.4) is 0 Å². The fourth-order valence-electron chi connectivity index (χ4n) is 2.87. The van der Waals surface area contributed by atoms with Crippen LogP contribution in [-0.4, -0.2) is 42.9 Å². The predicted octanol–water partition coefficient (Wildman–Crippen LogP) is 1.84. The van der Waals surface area contributed by atoms with E-state index in [0.717, 1.165) is 25.7 Å². The van der Waals surface area contributed by atoms with Gasteiger partial charge in [-0.05, 0) is 37.3 Å². The first-order valence-corrected chi connectivity index (χ1v) is 7.20. The third kappa shape index (κ3) is 3.64. The molecule has 0 aromatic carbocycles. The summed E-state index contributed by atoms with van der Waals surface area (Å²) < 4.78 is 9.85. The van der Waals surface area contributed by atoms with Crippen molar-refractivity contribution in [2.75, 3.05) is 26.1 Å². The lowest BCUT2D eigenvalue weighted by Gasteiger charge is -2.21. The molecular formula is C15H22N2O4. The van der Waals surface area contributed by atoms with Crippen LogP contribution < -0.4 is 10.1 Å². The molecule has 2 N–H and O–H groups in total. The lowest BCUT2D eigenvalue weighted by molar-refractivity contribution is 0.0596. The smallest absolute Gasteiger partial charge is 0.343 e. The van der Waals surface area contributed by atoms with Crippen molar-refractivity contribution in [3.63, 3.8) is 0 Å². The SMILES string of the molecule is COC(=O)c1ccc(NC2CCCC2CCO)nc1OC. The molecule has 2 rings (SSSR count). The van der Waals surface area contributed by atoms with Gasteiger partial charge >= 0.3 is 5.97 Å². The summed E-state index contributed by atoms with van der Waals surface area (Å²) in [5, 5.41) is 12.5.